The summed E-state index contributed by atoms with van der Waals surface area (Å²) >= 11 is 0. The van der Waals surface area contributed by atoms with Crippen LogP contribution >= 0.6 is 0 Å². The van der Waals surface area contributed by atoms with Gasteiger partial charge in [-0.15, -0.1) is 0 Å². The number of benzodiazepines with no additional fused rings is 1. The molecule has 1 amide bonds. The number of piperidine rings is 1. The largest absolute Gasteiger partial charge is 0.405 e. The molecule has 10 heteroatoms. The average Bonchev–Trinajstić information content (AvgIpc) is 3.82. The molecule has 10 nitrogen and oxygen atoms in total. The minimum absolute atomic E-state index is 0.201. The summed E-state index contributed by atoms with van der Waals surface area (Å²) in [5.74, 6) is -0.160. The number of fused-ring (bicyclic) bond motifs is 3. The van der Waals surface area contributed by atoms with Crippen LogP contribution in [0.4, 0.5) is 11.4 Å². The summed E-state index contributed by atoms with van der Waals surface area (Å²) in [7, 11) is 0. The van der Waals surface area contributed by atoms with E-state index in [4.69, 9.17) is 20.6 Å². The maximum atomic E-state index is 13.1. The smallest absolute Gasteiger partial charge is 0.291 e. The number of aromatic nitrogens is 1. The minimum atomic E-state index is -1.20. The summed E-state index contributed by atoms with van der Waals surface area (Å²) in [6.45, 7) is 1.49. The third kappa shape index (κ3) is 4.71. The number of carbonyl (C=O) groups excluding carboxylic acids is 1. The highest BCUT2D eigenvalue weighted by Crippen LogP contribution is 2.42. The lowest BCUT2D eigenvalue weighted by atomic mass is 9.97. The van der Waals surface area contributed by atoms with Gasteiger partial charge in [-0.05, 0) is 36.5 Å². The number of ether oxygens (including phenoxy) is 2. The number of benzene rings is 2. The number of nitrogens with zero attached hydrogens (tertiary/aromatic N) is 4. The molecule has 8 rings (SSSR count). The first-order chi connectivity index (χ1) is 19.5. The number of amides is 1. The number of aliphatic imine (C=N–C) groups is 2. The Morgan fingerprint density at radius 1 is 1.10 bits per heavy atom. The molecule has 4 aliphatic heterocycles. The SMILES string of the molecule is N=C(O/C(N)=N/C1N=C(c2ccccc2)c2ccccc2NC1=O)c1ncc(C2CC2)cc1N1CC2CC(C1)O2. The molecular weight excluding hydrogens is 506 g/mol. The van der Waals surface area contributed by atoms with E-state index in [0.717, 1.165) is 49.2 Å². The molecule has 3 saturated heterocycles. The number of para-hydroxylation sites is 1. The van der Waals surface area contributed by atoms with E-state index in [1.54, 1.807) is 0 Å². The Kier molecular flexibility index (Phi) is 6.04. The van der Waals surface area contributed by atoms with Crippen molar-refractivity contribution in [2.45, 2.75) is 43.6 Å². The summed E-state index contributed by atoms with van der Waals surface area (Å²) in [5, 5.41) is 11.6. The Hall–Kier alpha value is -4.57. The van der Waals surface area contributed by atoms with Gasteiger partial charge in [0.25, 0.3) is 11.9 Å². The fourth-order valence-corrected chi connectivity index (χ4v) is 5.54. The Balaban J connectivity index is 1.17. The second-order valence-corrected chi connectivity index (χ2v) is 10.6. The van der Waals surface area contributed by atoms with Crippen LogP contribution in [0.5, 0.6) is 0 Å². The lowest BCUT2D eigenvalue weighted by Crippen LogP contribution is -2.57. The van der Waals surface area contributed by atoms with Gasteiger partial charge in [0.15, 0.2) is 0 Å². The molecule has 5 heterocycles. The molecule has 40 heavy (non-hydrogen) atoms. The van der Waals surface area contributed by atoms with Gasteiger partial charge in [0.05, 0.1) is 29.3 Å². The summed E-state index contributed by atoms with van der Waals surface area (Å²) in [5.41, 5.74) is 11.4. The van der Waals surface area contributed by atoms with Gasteiger partial charge in [-0.25, -0.2) is 9.98 Å². The van der Waals surface area contributed by atoms with Crippen molar-refractivity contribution in [3.05, 3.63) is 89.2 Å². The lowest BCUT2D eigenvalue weighted by molar-refractivity contribution is -0.133. The number of carbonyl (C=O) groups is 1. The molecule has 3 aromatic rings. The number of pyridine rings is 1. The molecule has 4 fully saturated rings. The van der Waals surface area contributed by atoms with Gasteiger partial charge >= 0.3 is 0 Å². The first kappa shape index (κ1) is 24.5. The Labute approximate surface area is 231 Å². The minimum Gasteiger partial charge on any atom is -0.405 e. The molecule has 3 atom stereocenters. The number of nitrogens with two attached hydrogens (primary N) is 1. The van der Waals surface area contributed by atoms with Gasteiger partial charge in [-0.1, -0.05) is 48.5 Å². The van der Waals surface area contributed by atoms with Crippen LogP contribution in [0.25, 0.3) is 0 Å². The number of anilines is 2. The molecule has 1 aromatic heterocycles. The molecule has 2 bridgehead atoms. The molecule has 0 spiro atoms. The third-order valence-corrected chi connectivity index (χ3v) is 7.68. The zero-order valence-electron chi connectivity index (χ0n) is 21.8. The van der Waals surface area contributed by atoms with Gasteiger partial charge in [0, 0.05) is 36.8 Å². The topological polar surface area (TPSA) is 138 Å². The molecule has 3 unspecified atom stereocenters. The number of morpholine rings is 1. The van der Waals surface area contributed by atoms with Crippen molar-refractivity contribution in [2.24, 2.45) is 15.7 Å². The van der Waals surface area contributed by atoms with E-state index >= 15 is 0 Å². The summed E-state index contributed by atoms with van der Waals surface area (Å²) in [4.78, 5) is 28.9. The van der Waals surface area contributed by atoms with E-state index in [2.05, 4.69) is 31.3 Å². The second kappa shape index (κ2) is 9.87. The summed E-state index contributed by atoms with van der Waals surface area (Å²) in [6.07, 6.45) is 4.39. The first-order valence-corrected chi connectivity index (χ1v) is 13.6. The van der Waals surface area contributed by atoms with E-state index < -0.39 is 12.1 Å². The van der Waals surface area contributed by atoms with Crippen molar-refractivity contribution in [1.82, 2.24) is 4.98 Å². The molecule has 202 valence electrons. The van der Waals surface area contributed by atoms with Crippen LogP contribution in [-0.4, -0.2) is 60.0 Å². The summed E-state index contributed by atoms with van der Waals surface area (Å²) < 4.78 is 11.5. The van der Waals surface area contributed by atoms with Crippen molar-refractivity contribution < 1.29 is 14.3 Å². The lowest BCUT2D eigenvalue weighted by Gasteiger charge is -2.48. The van der Waals surface area contributed by atoms with E-state index in [-0.39, 0.29) is 24.1 Å². The van der Waals surface area contributed by atoms with Crippen LogP contribution < -0.4 is 16.0 Å². The Bertz CT molecular complexity index is 1530. The van der Waals surface area contributed by atoms with Gasteiger partial charge in [0.2, 0.25) is 12.1 Å². The van der Waals surface area contributed by atoms with Crippen LogP contribution in [-0.2, 0) is 14.3 Å². The summed E-state index contributed by atoms with van der Waals surface area (Å²) in [6, 6.07) is 18.8. The van der Waals surface area contributed by atoms with Crippen molar-refractivity contribution in [2.75, 3.05) is 23.3 Å². The van der Waals surface area contributed by atoms with Crippen molar-refractivity contribution in [1.29, 1.82) is 5.41 Å². The normalized spacial score (nSPS) is 23.8. The monoisotopic (exact) mass is 535 g/mol. The van der Waals surface area contributed by atoms with Crippen molar-refractivity contribution in [3.8, 4) is 0 Å². The molecular formula is C30H29N7O3. The molecule has 5 aliphatic rings. The number of hydrogen-bond acceptors (Lipinski definition) is 8. The standard InChI is InChI=1S/C30H29N7O3/c31-27(26-24(12-19(14-33-26)17-10-11-17)37-15-20-13-21(16-37)39-20)40-30(32)36-28-29(38)34-23-9-5-4-8-22(23)25(35-28)18-6-2-1-3-7-18/h1-9,12,14,17,20-21,28,31H,10-11,13,15-16H2,(H2,32,36)(H,34,38). The zero-order chi connectivity index (χ0) is 27.2. The fraction of sp³-hybridized carbons (Fsp3) is 0.300. The number of amidine groups is 1. The van der Waals surface area contributed by atoms with Crippen LogP contribution in [0.2, 0.25) is 0 Å². The van der Waals surface area contributed by atoms with Gasteiger partial charge in [0.1, 0.15) is 5.69 Å². The van der Waals surface area contributed by atoms with Crippen molar-refractivity contribution >= 4 is 34.9 Å². The average molecular weight is 536 g/mol. The maximum Gasteiger partial charge on any atom is 0.291 e. The highest BCUT2D eigenvalue weighted by Gasteiger charge is 2.40. The Morgan fingerprint density at radius 2 is 1.82 bits per heavy atom. The van der Waals surface area contributed by atoms with Crippen LogP contribution in [0.15, 0.2) is 76.8 Å². The van der Waals surface area contributed by atoms with Crippen LogP contribution in [0.3, 0.4) is 0 Å². The van der Waals surface area contributed by atoms with Crippen molar-refractivity contribution in [3.63, 3.8) is 0 Å². The highest BCUT2D eigenvalue weighted by molar-refractivity contribution is 6.19. The molecule has 1 aliphatic carbocycles. The molecule has 1 saturated carbocycles. The predicted molar refractivity (Wildman–Crippen MR) is 152 cm³/mol. The number of nitrogens with one attached hydrogen (secondary N) is 2. The quantitative estimate of drug-likeness (QED) is 0.338. The van der Waals surface area contributed by atoms with E-state index in [0.29, 0.717) is 23.0 Å². The highest BCUT2D eigenvalue weighted by atomic mass is 16.5. The Morgan fingerprint density at radius 3 is 2.58 bits per heavy atom. The fourth-order valence-electron chi connectivity index (χ4n) is 5.54. The van der Waals surface area contributed by atoms with Gasteiger partial charge in [-0.2, -0.15) is 4.99 Å². The molecule has 0 radical (unpaired) electrons. The van der Waals surface area contributed by atoms with Crippen LogP contribution in [0.1, 0.15) is 47.6 Å². The maximum absolute atomic E-state index is 13.1. The molecule has 4 N–H and O–H groups in total. The number of rotatable bonds is 5. The van der Waals surface area contributed by atoms with E-state index in [1.807, 2.05) is 60.8 Å². The van der Waals surface area contributed by atoms with Crippen LogP contribution in [0, 0.1) is 5.41 Å². The van der Waals surface area contributed by atoms with E-state index in [9.17, 15) is 4.79 Å². The zero-order valence-corrected chi connectivity index (χ0v) is 21.8. The second-order valence-electron chi connectivity index (χ2n) is 10.6. The number of hydrogen-bond donors (Lipinski definition) is 3. The molecule has 2 aromatic carbocycles. The first-order valence-electron chi connectivity index (χ1n) is 13.6. The van der Waals surface area contributed by atoms with E-state index in [1.165, 1.54) is 5.56 Å². The third-order valence-electron chi connectivity index (χ3n) is 7.68. The van der Waals surface area contributed by atoms with Gasteiger partial charge < -0.3 is 25.4 Å². The predicted octanol–water partition coefficient (Wildman–Crippen LogP) is 3.41. The van der Waals surface area contributed by atoms with Gasteiger partial charge in [-0.3, -0.25) is 10.2 Å².